The first kappa shape index (κ1) is 10.0. The van der Waals surface area contributed by atoms with Gasteiger partial charge in [0, 0.05) is 24.0 Å². The first-order valence-electron chi connectivity index (χ1n) is 5.70. The van der Waals surface area contributed by atoms with Crippen LogP contribution in [0.1, 0.15) is 30.1 Å². The molecule has 0 atom stereocenters. The van der Waals surface area contributed by atoms with E-state index in [0.29, 0.717) is 12.5 Å². The lowest BCUT2D eigenvalue weighted by molar-refractivity contribution is 0.715. The van der Waals surface area contributed by atoms with E-state index in [1.807, 2.05) is 18.3 Å². The molecular weight excluding hydrogens is 212 g/mol. The average Bonchev–Trinajstić information content (AvgIpc) is 3.09. The Labute approximate surface area is 99.7 Å². The molecule has 0 bridgehead atoms. The Morgan fingerprint density at radius 3 is 3.06 bits per heavy atom. The molecule has 2 aromatic rings. The molecule has 2 heterocycles. The monoisotopic (exact) mass is 224 g/mol. The molecule has 0 aromatic carbocycles. The lowest BCUT2D eigenvalue weighted by Gasteiger charge is -1.96. The number of nitrogens with zero attached hydrogens (tertiary/aromatic N) is 4. The molecule has 0 saturated heterocycles. The topological polar surface area (TPSA) is 43.6 Å². The van der Waals surface area contributed by atoms with Crippen molar-refractivity contribution in [2.75, 3.05) is 0 Å². The van der Waals surface area contributed by atoms with Crippen molar-refractivity contribution in [2.24, 2.45) is 0 Å². The van der Waals surface area contributed by atoms with E-state index < -0.39 is 0 Å². The van der Waals surface area contributed by atoms with Crippen LogP contribution in [0, 0.1) is 11.8 Å². The second-order valence-electron chi connectivity index (χ2n) is 4.11. The van der Waals surface area contributed by atoms with Gasteiger partial charge in [0.1, 0.15) is 18.6 Å². The van der Waals surface area contributed by atoms with E-state index in [1.165, 1.54) is 12.8 Å². The fourth-order valence-electron chi connectivity index (χ4n) is 1.65. The summed E-state index contributed by atoms with van der Waals surface area (Å²) in [6.45, 7) is 0.593. The van der Waals surface area contributed by atoms with E-state index >= 15 is 0 Å². The van der Waals surface area contributed by atoms with Crippen molar-refractivity contribution in [3.63, 3.8) is 0 Å². The smallest absolute Gasteiger partial charge is 0.117 e. The molecule has 2 aromatic heterocycles. The van der Waals surface area contributed by atoms with Gasteiger partial charge in [-0.1, -0.05) is 5.92 Å². The highest BCUT2D eigenvalue weighted by atomic mass is 15.3. The quantitative estimate of drug-likeness (QED) is 0.728. The maximum absolute atomic E-state index is 4.26. The van der Waals surface area contributed by atoms with Gasteiger partial charge in [0.05, 0.1) is 0 Å². The van der Waals surface area contributed by atoms with E-state index in [2.05, 4.69) is 26.9 Å². The summed E-state index contributed by atoms with van der Waals surface area (Å²) in [4.78, 5) is 8.42. The predicted molar refractivity (Wildman–Crippen MR) is 63.1 cm³/mol. The summed E-state index contributed by atoms with van der Waals surface area (Å²) in [6, 6.07) is 3.88. The van der Waals surface area contributed by atoms with Gasteiger partial charge in [0.15, 0.2) is 0 Å². The molecule has 1 aliphatic rings. The second-order valence-corrected chi connectivity index (χ2v) is 4.11. The highest BCUT2D eigenvalue weighted by Gasteiger charge is 2.24. The van der Waals surface area contributed by atoms with Crippen LogP contribution in [0.3, 0.4) is 0 Å². The molecule has 3 rings (SSSR count). The predicted octanol–water partition coefficient (Wildman–Crippen LogP) is 1.60. The minimum Gasteiger partial charge on any atom is -0.261 e. The SMILES string of the molecule is C(#Cc1cc(C2CC2)ncn1)Cn1cccn1. The minimum atomic E-state index is 0.593. The normalized spacial score (nSPS) is 14.1. The van der Waals surface area contributed by atoms with Crippen molar-refractivity contribution in [3.8, 4) is 11.8 Å². The largest absolute Gasteiger partial charge is 0.261 e. The van der Waals surface area contributed by atoms with Crippen molar-refractivity contribution in [3.05, 3.63) is 42.2 Å². The van der Waals surface area contributed by atoms with Crippen LogP contribution in [0.15, 0.2) is 30.9 Å². The Morgan fingerprint density at radius 2 is 2.29 bits per heavy atom. The van der Waals surface area contributed by atoms with Crippen molar-refractivity contribution in [1.82, 2.24) is 19.7 Å². The molecule has 0 N–H and O–H groups in total. The molecule has 4 heteroatoms. The number of hydrogen-bond donors (Lipinski definition) is 0. The van der Waals surface area contributed by atoms with Crippen molar-refractivity contribution in [1.29, 1.82) is 0 Å². The Hall–Kier alpha value is -2.15. The third kappa shape index (κ3) is 2.51. The van der Waals surface area contributed by atoms with Crippen LogP contribution >= 0.6 is 0 Å². The van der Waals surface area contributed by atoms with Gasteiger partial charge in [0.2, 0.25) is 0 Å². The van der Waals surface area contributed by atoms with Gasteiger partial charge in [0.25, 0.3) is 0 Å². The van der Waals surface area contributed by atoms with Crippen LogP contribution in [0.25, 0.3) is 0 Å². The van der Waals surface area contributed by atoms with Crippen LogP contribution in [0.4, 0.5) is 0 Å². The molecular formula is C13H12N4. The van der Waals surface area contributed by atoms with Gasteiger partial charge < -0.3 is 0 Å². The van der Waals surface area contributed by atoms with Gasteiger partial charge in [-0.15, -0.1) is 0 Å². The maximum Gasteiger partial charge on any atom is 0.117 e. The van der Waals surface area contributed by atoms with E-state index in [4.69, 9.17) is 0 Å². The van der Waals surface area contributed by atoms with Gasteiger partial charge in [-0.3, -0.25) is 4.68 Å². The van der Waals surface area contributed by atoms with Gasteiger partial charge in [-0.05, 0) is 30.9 Å². The number of aromatic nitrogens is 4. The molecule has 0 spiro atoms. The standard InChI is InChI=1S/C13H12N4/c1(7-17-8-2-6-16-17)3-12-9-13(11-4-5-11)15-10-14-12/h2,6,8-11H,4-5,7H2. The molecule has 0 amide bonds. The van der Waals surface area contributed by atoms with Crippen LogP contribution in [-0.4, -0.2) is 19.7 Å². The lowest BCUT2D eigenvalue weighted by atomic mass is 10.2. The summed E-state index contributed by atoms with van der Waals surface area (Å²) in [5.74, 6) is 6.74. The van der Waals surface area contributed by atoms with Gasteiger partial charge in [-0.25, -0.2) is 9.97 Å². The van der Waals surface area contributed by atoms with Crippen molar-refractivity contribution in [2.45, 2.75) is 25.3 Å². The molecule has 4 nitrogen and oxygen atoms in total. The third-order valence-electron chi connectivity index (χ3n) is 2.70. The molecule has 84 valence electrons. The molecule has 1 aliphatic carbocycles. The summed E-state index contributed by atoms with van der Waals surface area (Å²) < 4.78 is 1.79. The van der Waals surface area contributed by atoms with Crippen molar-refractivity contribution >= 4 is 0 Å². The van der Waals surface area contributed by atoms with Crippen LogP contribution in [0.2, 0.25) is 0 Å². The zero-order valence-electron chi connectivity index (χ0n) is 9.37. The molecule has 1 fully saturated rings. The Kier molecular flexibility index (Phi) is 2.59. The average molecular weight is 224 g/mol. The molecule has 0 radical (unpaired) electrons. The summed E-state index contributed by atoms with van der Waals surface area (Å²) in [5, 5.41) is 4.08. The van der Waals surface area contributed by atoms with Crippen LogP contribution < -0.4 is 0 Å². The molecule has 0 unspecified atom stereocenters. The third-order valence-corrected chi connectivity index (χ3v) is 2.70. The zero-order chi connectivity index (χ0) is 11.5. The van der Waals surface area contributed by atoms with Gasteiger partial charge in [-0.2, -0.15) is 5.10 Å². The van der Waals surface area contributed by atoms with E-state index in [1.54, 1.807) is 17.2 Å². The summed E-state index contributed by atoms with van der Waals surface area (Å²) in [6.07, 6.45) is 7.74. The first-order chi connectivity index (χ1) is 8.42. The van der Waals surface area contributed by atoms with Gasteiger partial charge >= 0.3 is 0 Å². The minimum absolute atomic E-state index is 0.593. The Morgan fingerprint density at radius 1 is 1.35 bits per heavy atom. The van der Waals surface area contributed by atoms with Crippen LogP contribution in [0.5, 0.6) is 0 Å². The zero-order valence-corrected chi connectivity index (χ0v) is 9.37. The fraction of sp³-hybridized carbons (Fsp3) is 0.308. The summed E-state index contributed by atoms with van der Waals surface area (Å²) in [7, 11) is 0. The summed E-state index contributed by atoms with van der Waals surface area (Å²) >= 11 is 0. The first-order valence-corrected chi connectivity index (χ1v) is 5.70. The van der Waals surface area contributed by atoms with Crippen molar-refractivity contribution < 1.29 is 0 Å². The Balaban J connectivity index is 1.71. The highest BCUT2D eigenvalue weighted by Crippen LogP contribution is 2.38. The Bertz CT molecular complexity index is 559. The van der Waals surface area contributed by atoms with Crippen LogP contribution in [-0.2, 0) is 6.54 Å². The molecule has 17 heavy (non-hydrogen) atoms. The van der Waals surface area contributed by atoms with E-state index in [0.717, 1.165) is 11.4 Å². The molecule has 0 aliphatic heterocycles. The summed E-state index contributed by atoms with van der Waals surface area (Å²) in [5.41, 5.74) is 1.93. The van der Waals surface area contributed by atoms with E-state index in [9.17, 15) is 0 Å². The number of rotatable bonds is 2. The fourth-order valence-corrected chi connectivity index (χ4v) is 1.65. The second kappa shape index (κ2) is 4.38. The maximum atomic E-state index is 4.26. The lowest BCUT2D eigenvalue weighted by Crippen LogP contribution is -1.95. The number of hydrogen-bond acceptors (Lipinski definition) is 3. The van der Waals surface area contributed by atoms with E-state index in [-0.39, 0.29) is 0 Å². The highest BCUT2D eigenvalue weighted by molar-refractivity contribution is 5.30. The molecule has 1 saturated carbocycles.